The van der Waals surface area contributed by atoms with Gasteiger partial charge in [0.25, 0.3) is 0 Å². The van der Waals surface area contributed by atoms with E-state index < -0.39 is 0 Å². The Labute approximate surface area is 253 Å². The minimum absolute atomic E-state index is 0.384. The Morgan fingerprint density at radius 1 is 0.829 bits per heavy atom. The van der Waals surface area contributed by atoms with Crippen LogP contribution in [-0.4, -0.2) is 37.4 Å². The third-order valence-corrected chi connectivity index (χ3v) is 9.32. The standard InChI is InChI=1S/C38H55BN2/c1-7-12-21-32(10-4)40-33-22-17-15-16-18-23-34(27-26-33)41-28-19-20-31(29-41)38-35(24-13-8-2)30(6)39-37(11-5)36(38)25-14-9-3/h7-14,21,24-25,31,33-34,38-40H,1-3,5,15-20,22-23,26-29H2,4,6H3/b21-12-,24-13-,25-14-,32-10+. The quantitative estimate of drug-likeness (QED) is 0.204. The Kier molecular flexibility index (Phi) is 14.3. The van der Waals surface area contributed by atoms with E-state index in [1.54, 1.807) is 0 Å². The van der Waals surface area contributed by atoms with Crippen LogP contribution in [0.15, 0.2) is 121 Å². The molecule has 4 atom stereocenters. The highest BCUT2D eigenvalue weighted by Gasteiger charge is 2.36. The molecule has 3 rings (SSSR count). The molecule has 1 saturated heterocycles. The SMILES string of the molecule is C=C/C=C\C1=C(C)BC(C=C)=C(/C=C\C=C)C1C1CCCN(C2CCCCCCC(NC(/C=C\C=C)=C/C)CC2)C1. The van der Waals surface area contributed by atoms with Crippen LogP contribution in [0.3, 0.4) is 0 Å². The summed E-state index contributed by atoms with van der Waals surface area (Å²) < 4.78 is 0. The second kappa shape index (κ2) is 17.9. The maximum absolute atomic E-state index is 4.21. The van der Waals surface area contributed by atoms with Gasteiger partial charge in [-0.15, -0.1) is 0 Å². The van der Waals surface area contributed by atoms with Gasteiger partial charge in [-0.05, 0) is 75.1 Å². The number of hydrogen-bond donors (Lipinski definition) is 1. The molecule has 2 aliphatic heterocycles. The third-order valence-electron chi connectivity index (χ3n) is 9.32. The predicted molar refractivity (Wildman–Crippen MR) is 184 cm³/mol. The van der Waals surface area contributed by atoms with Crippen LogP contribution in [0.5, 0.6) is 0 Å². The molecule has 4 unspecified atom stereocenters. The lowest BCUT2D eigenvalue weighted by Crippen LogP contribution is -2.46. The zero-order valence-electron chi connectivity index (χ0n) is 26.1. The van der Waals surface area contributed by atoms with E-state index in [-0.39, 0.29) is 0 Å². The van der Waals surface area contributed by atoms with Gasteiger partial charge in [0.15, 0.2) is 7.28 Å². The van der Waals surface area contributed by atoms with Gasteiger partial charge in [-0.1, -0.05) is 131 Å². The molecule has 1 saturated carbocycles. The molecule has 0 bridgehead atoms. The summed E-state index contributed by atoms with van der Waals surface area (Å²) in [6.45, 7) is 22.8. The van der Waals surface area contributed by atoms with E-state index in [4.69, 9.17) is 0 Å². The van der Waals surface area contributed by atoms with Crippen molar-refractivity contribution in [1.29, 1.82) is 0 Å². The molecule has 220 valence electrons. The summed E-state index contributed by atoms with van der Waals surface area (Å²) in [4.78, 5) is 2.88. The number of likely N-dealkylation sites (tertiary alicyclic amines) is 1. The molecular formula is C38H55BN2. The maximum Gasteiger partial charge on any atom is 0.187 e. The van der Waals surface area contributed by atoms with Crippen molar-refractivity contribution in [2.45, 2.75) is 90.1 Å². The molecule has 1 aliphatic carbocycles. The van der Waals surface area contributed by atoms with Gasteiger partial charge < -0.3 is 10.2 Å². The first-order valence-corrected chi connectivity index (χ1v) is 16.2. The average Bonchev–Trinajstić information content (AvgIpc) is 3.00. The Morgan fingerprint density at radius 3 is 2.22 bits per heavy atom. The molecule has 3 aliphatic rings. The van der Waals surface area contributed by atoms with E-state index in [1.807, 2.05) is 24.3 Å². The number of nitrogens with zero attached hydrogens (tertiary/aromatic N) is 1. The van der Waals surface area contributed by atoms with Crippen molar-refractivity contribution in [2.24, 2.45) is 11.8 Å². The van der Waals surface area contributed by atoms with Crippen LogP contribution < -0.4 is 5.32 Å². The number of piperidine rings is 1. The van der Waals surface area contributed by atoms with Crippen molar-refractivity contribution in [1.82, 2.24) is 10.2 Å². The van der Waals surface area contributed by atoms with Gasteiger partial charge in [-0.2, -0.15) is 0 Å². The molecule has 3 heteroatoms. The molecule has 0 aromatic carbocycles. The van der Waals surface area contributed by atoms with E-state index in [2.05, 4.69) is 92.9 Å². The Morgan fingerprint density at radius 2 is 1.54 bits per heavy atom. The summed E-state index contributed by atoms with van der Waals surface area (Å²) in [5.74, 6) is 0.973. The highest BCUT2D eigenvalue weighted by molar-refractivity contribution is 6.55. The van der Waals surface area contributed by atoms with Crippen LogP contribution >= 0.6 is 0 Å². The second-order valence-corrected chi connectivity index (χ2v) is 12.1. The molecule has 2 heterocycles. The Hall–Kier alpha value is -2.78. The lowest BCUT2D eigenvalue weighted by Gasteiger charge is -2.44. The normalized spacial score (nSPS) is 27.7. The molecule has 2 fully saturated rings. The summed E-state index contributed by atoms with van der Waals surface area (Å²) in [6.07, 6.45) is 36.0. The van der Waals surface area contributed by atoms with Gasteiger partial charge in [0, 0.05) is 30.2 Å². The van der Waals surface area contributed by atoms with Crippen LogP contribution in [0.1, 0.15) is 78.1 Å². The van der Waals surface area contributed by atoms with Crippen molar-refractivity contribution in [3.05, 3.63) is 121 Å². The number of rotatable bonds is 11. The number of hydrogen-bond acceptors (Lipinski definition) is 2. The molecule has 0 aromatic heterocycles. The van der Waals surface area contributed by atoms with Crippen LogP contribution in [-0.2, 0) is 0 Å². The highest BCUT2D eigenvalue weighted by atomic mass is 15.2. The smallest absolute Gasteiger partial charge is 0.187 e. The highest BCUT2D eigenvalue weighted by Crippen LogP contribution is 2.42. The van der Waals surface area contributed by atoms with E-state index >= 15 is 0 Å². The van der Waals surface area contributed by atoms with E-state index in [0.29, 0.717) is 23.9 Å². The second-order valence-electron chi connectivity index (χ2n) is 12.1. The van der Waals surface area contributed by atoms with Crippen LogP contribution in [0.4, 0.5) is 0 Å². The van der Waals surface area contributed by atoms with Gasteiger partial charge >= 0.3 is 0 Å². The molecule has 41 heavy (non-hydrogen) atoms. The molecule has 0 spiro atoms. The van der Waals surface area contributed by atoms with Crippen LogP contribution in [0.25, 0.3) is 0 Å². The molecule has 2 nitrogen and oxygen atoms in total. The van der Waals surface area contributed by atoms with Crippen molar-refractivity contribution >= 4 is 7.28 Å². The molecule has 0 aromatic rings. The Bertz CT molecular complexity index is 1080. The minimum atomic E-state index is 0.384. The number of allylic oxidation sites excluding steroid dienone is 15. The van der Waals surface area contributed by atoms with Gasteiger partial charge in [0.1, 0.15) is 0 Å². The van der Waals surface area contributed by atoms with Gasteiger partial charge in [0.2, 0.25) is 0 Å². The van der Waals surface area contributed by atoms with E-state index in [9.17, 15) is 0 Å². The van der Waals surface area contributed by atoms with Crippen molar-refractivity contribution in [2.75, 3.05) is 13.1 Å². The fourth-order valence-corrected chi connectivity index (χ4v) is 7.22. The summed E-state index contributed by atoms with van der Waals surface area (Å²) in [5, 5.41) is 3.86. The Balaban J connectivity index is 1.84. The van der Waals surface area contributed by atoms with Gasteiger partial charge in [0.05, 0.1) is 0 Å². The van der Waals surface area contributed by atoms with Crippen molar-refractivity contribution in [3.8, 4) is 0 Å². The van der Waals surface area contributed by atoms with Crippen molar-refractivity contribution < 1.29 is 0 Å². The molecule has 0 radical (unpaired) electrons. The lowest BCUT2D eigenvalue weighted by atomic mass is 9.52. The fraction of sp³-hybridized carbons (Fsp3) is 0.474. The lowest BCUT2D eigenvalue weighted by molar-refractivity contribution is 0.0937. The molecular weight excluding hydrogens is 495 g/mol. The third kappa shape index (κ3) is 9.64. The first-order valence-electron chi connectivity index (χ1n) is 16.2. The van der Waals surface area contributed by atoms with Gasteiger partial charge in [-0.25, -0.2) is 0 Å². The van der Waals surface area contributed by atoms with Crippen LogP contribution in [0, 0.1) is 11.8 Å². The average molecular weight is 551 g/mol. The summed E-state index contributed by atoms with van der Waals surface area (Å²) in [5.41, 5.74) is 6.96. The first-order chi connectivity index (χ1) is 20.1. The summed E-state index contributed by atoms with van der Waals surface area (Å²) in [7, 11) is 0.970. The number of nitrogens with one attached hydrogen (secondary N) is 1. The predicted octanol–water partition coefficient (Wildman–Crippen LogP) is 9.07. The van der Waals surface area contributed by atoms with E-state index in [1.165, 1.54) is 105 Å². The fourth-order valence-electron chi connectivity index (χ4n) is 7.22. The minimum Gasteiger partial charge on any atom is -0.383 e. The first kappa shape index (κ1) is 32.7. The molecule has 1 N–H and O–H groups in total. The van der Waals surface area contributed by atoms with Crippen LogP contribution in [0.2, 0.25) is 0 Å². The molecule has 0 amide bonds. The topological polar surface area (TPSA) is 15.3 Å². The largest absolute Gasteiger partial charge is 0.383 e. The maximum atomic E-state index is 4.21. The van der Waals surface area contributed by atoms with Gasteiger partial charge in [-0.3, -0.25) is 0 Å². The zero-order valence-corrected chi connectivity index (χ0v) is 26.1. The monoisotopic (exact) mass is 550 g/mol. The summed E-state index contributed by atoms with van der Waals surface area (Å²) >= 11 is 0. The van der Waals surface area contributed by atoms with Crippen molar-refractivity contribution in [3.63, 3.8) is 0 Å². The zero-order chi connectivity index (χ0) is 29.5. The summed E-state index contributed by atoms with van der Waals surface area (Å²) in [6, 6.07) is 1.19. The van der Waals surface area contributed by atoms with E-state index in [0.717, 1.165) is 7.28 Å².